The van der Waals surface area contributed by atoms with Gasteiger partial charge in [0.15, 0.2) is 0 Å². The molecule has 3 aromatic rings. The summed E-state index contributed by atoms with van der Waals surface area (Å²) in [6.07, 6.45) is 0.139. The van der Waals surface area contributed by atoms with Gasteiger partial charge in [-0.1, -0.05) is 53.5 Å². The van der Waals surface area contributed by atoms with E-state index in [0.717, 1.165) is 5.56 Å². The molecule has 31 heavy (non-hydrogen) atoms. The third-order valence-electron chi connectivity index (χ3n) is 4.44. The van der Waals surface area contributed by atoms with Gasteiger partial charge in [0, 0.05) is 10.7 Å². The van der Waals surface area contributed by atoms with Gasteiger partial charge in [0.25, 0.3) is 0 Å². The number of anilines is 1. The molecule has 0 saturated carbocycles. The van der Waals surface area contributed by atoms with E-state index in [1.165, 1.54) is 18.2 Å². The number of hydrogen-bond acceptors (Lipinski definition) is 4. The first kappa shape index (κ1) is 23.1. The highest BCUT2D eigenvalue weighted by molar-refractivity contribution is 7.89. The summed E-state index contributed by atoms with van der Waals surface area (Å²) < 4.78 is 33.6. The van der Waals surface area contributed by atoms with Crippen LogP contribution in [-0.2, 0) is 21.2 Å². The Labute approximate surface area is 191 Å². The number of hydrogen-bond donors (Lipinski definition) is 2. The fourth-order valence-corrected chi connectivity index (χ4v) is 4.83. The molecular formula is C22H20Cl2N2O4S. The number of halogens is 2. The van der Waals surface area contributed by atoms with E-state index >= 15 is 0 Å². The highest BCUT2D eigenvalue weighted by Crippen LogP contribution is 2.25. The van der Waals surface area contributed by atoms with Gasteiger partial charge in [-0.05, 0) is 54.4 Å². The predicted octanol–water partition coefficient (Wildman–Crippen LogP) is 4.53. The first-order valence-corrected chi connectivity index (χ1v) is 11.5. The smallest absolute Gasteiger partial charge is 0.242 e. The Balaban J connectivity index is 1.88. The Morgan fingerprint density at radius 3 is 2.32 bits per heavy atom. The molecule has 0 radical (unpaired) electrons. The quantitative estimate of drug-likeness (QED) is 0.497. The average Bonchev–Trinajstić information content (AvgIpc) is 2.76. The molecule has 1 atom stereocenters. The minimum Gasteiger partial charge on any atom is -0.497 e. The van der Waals surface area contributed by atoms with Gasteiger partial charge < -0.3 is 10.1 Å². The van der Waals surface area contributed by atoms with Crippen molar-refractivity contribution in [3.63, 3.8) is 0 Å². The lowest BCUT2D eigenvalue weighted by Gasteiger charge is -2.19. The van der Waals surface area contributed by atoms with Crippen molar-refractivity contribution in [1.82, 2.24) is 4.72 Å². The van der Waals surface area contributed by atoms with Crippen LogP contribution in [0.4, 0.5) is 5.69 Å². The molecule has 0 aliphatic carbocycles. The predicted molar refractivity (Wildman–Crippen MR) is 122 cm³/mol. The highest BCUT2D eigenvalue weighted by atomic mass is 35.5. The van der Waals surface area contributed by atoms with Crippen LogP contribution in [0, 0.1) is 0 Å². The summed E-state index contributed by atoms with van der Waals surface area (Å²) in [6.45, 7) is 0. The second-order valence-electron chi connectivity index (χ2n) is 6.66. The van der Waals surface area contributed by atoms with E-state index < -0.39 is 22.0 Å². The van der Waals surface area contributed by atoms with E-state index in [9.17, 15) is 13.2 Å². The molecule has 0 saturated heterocycles. The van der Waals surface area contributed by atoms with Gasteiger partial charge in [-0.15, -0.1) is 0 Å². The summed E-state index contributed by atoms with van der Waals surface area (Å²) in [7, 11) is -2.59. The second kappa shape index (κ2) is 10.2. The Morgan fingerprint density at radius 2 is 1.68 bits per heavy atom. The van der Waals surface area contributed by atoms with Gasteiger partial charge in [-0.2, -0.15) is 4.72 Å². The number of amides is 1. The number of carbonyl (C=O) groups excluding carboxylic acids is 1. The standard InChI is InChI=1S/C22H20Cl2N2O4S/c1-30-18-10-8-17(9-11-18)25-22(27)20(13-15-5-3-2-4-6-15)26-31(28,29)21-14-16(23)7-12-19(21)24/h2-12,14,20,26H,13H2,1H3,(H,25,27)/t20-/m1/s1. The van der Waals surface area contributed by atoms with E-state index in [4.69, 9.17) is 27.9 Å². The Bertz CT molecular complexity index is 1150. The maximum atomic E-state index is 13.0. The van der Waals surface area contributed by atoms with Gasteiger partial charge in [-0.3, -0.25) is 4.79 Å². The van der Waals surface area contributed by atoms with E-state index in [1.807, 2.05) is 30.3 Å². The van der Waals surface area contributed by atoms with Gasteiger partial charge in [0.05, 0.1) is 12.1 Å². The number of sulfonamides is 1. The minimum absolute atomic E-state index is 0.00548. The molecule has 3 rings (SSSR count). The van der Waals surface area contributed by atoms with E-state index in [1.54, 1.807) is 31.4 Å². The lowest BCUT2D eigenvalue weighted by Crippen LogP contribution is -2.45. The summed E-state index contributed by atoms with van der Waals surface area (Å²) in [4.78, 5) is 12.8. The van der Waals surface area contributed by atoms with Gasteiger partial charge in [0.2, 0.25) is 15.9 Å². The maximum Gasteiger partial charge on any atom is 0.242 e. The SMILES string of the molecule is COc1ccc(NC(=O)[C@@H](Cc2ccccc2)NS(=O)(=O)c2cc(Cl)ccc2Cl)cc1. The normalized spacial score (nSPS) is 12.2. The molecule has 9 heteroatoms. The molecule has 0 unspecified atom stereocenters. The zero-order chi connectivity index (χ0) is 22.4. The second-order valence-corrected chi connectivity index (χ2v) is 9.18. The van der Waals surface area contributed by atoms with E-state index in [2.05, 4.69) is 10.0 Å². The van der Waals surface area contributed by atoms with Crippen LogP contribution in [0.2, 0.25) is 10.0 Å². The molecule has 0 heterocycles. The third-order valence-corrected chi connectivity index (χ3v) is 6.63. The van der Waals surface area contributed by atoms with Crippen LogP contribution < -0.4 is 14.8 Å². The Kier molecular flexibility index (Phi) is 7.56. The monoisotopic (exact) mass is 478 g/mol. The Morgan fingerprint density at radius 1 is 1.00 bits per heavy atom. The number of ether oxygens (including phenoxy) is 1. The first-order valence-electron chi connectivity index (χ1n) is 9.25. The maximum absolute atomic E-state index is 13.0. The van der Waals surface area contributed by atoms with Crippen LogP contribution in [0.1, 0.15) is 5.56 Å². The minimum atomic E-state index is -4.13. The summed E-state index contributed by atoms with van der Waals surface area (Å²) >= 11 is 12.0. The van der Waals surface area contributed by atoms with Gasteiger partial charge >= 0.3 is 0 Å². The van der Waals surface area contributed by atoms with Crippen molar-refractivity contribution in [2.24, 2.45) is 0 Å². The third kappa shape index (κ3) is 6.21. The molecule has 0 spiro atoms. The molecule has 0 bridgehead atoms. The van der Waals surface area contributed by atoms with Crippen molar-refractivity contribution in [2.45, 2.75) is 17.4 Å². The molecular weight excluding hydrogens is 459 g/mol. The molecule has 1 amide bonds. The summed E-state index contributed by atoms with van der Waals surface area (Å²) in [5, 5.41) is 2.95. The van der Waals surface area contributed by atoms with Crippen LogP contribution in [-0.4, -0.2) is 27.5 Å². The van der Waals surface area contributed by atoms with E-state index in [0.29, 0.717) is 11.4 Å². The summed E-state index contributed by atoms with van der Waals surface area (Å²) in [6, 6.07) is 18.8. The van der Waals surface area contributed by atoms with Crippen molar-refractivity contribution in [3.8, 4) is 5.75 Å². The van der Waals surface area contributed by atoms with Gasteiger partial charge in [-0.25, -0.2) is 8.42 Å². The average molecular weight is 479 g/mol. The van der Waals surface area contributed by atoms with Crippen LogP contribution in [0.5, 0.6) is 5.75 Å². The molecule has 2 N–H and O–H groups in total. The largest absolute Gasteiger partial charge is 0.497 e. The van der Waals surface area contributed by atoms with Gasteiger partial charge in [0.1, 0.15) is 16.7 Å². The lowest BCUT2D eigenvalue weighted by molar-refractivity contribution is -0.117. The molecule has 0 fully saturated rings. The van der Waals surface area contributed by atoms with Crippen LogP contribution in [0.25, 0.3) is 0 Å². The molecule has 3 aromatic carbocycles. The van der Waals surface area contributed by atoms with Crippen molar-refractivity contribution in [1.29, 1.82) is 0 Å². The van der Waals surface area contributed by atoms with Crippen molar-refractivity contribution >= 4 is 44.8 Å². The number of rotatable bonds is 8. The fraction of sp³-hybridized carbons (Fsp3) is 0.136. The van der Waals surface area contributed by atoms with E-state index in [-0.39, 0.29) is 21.4 Å². The fourth-order valence-electron chi connectivity index (χ4n) is 2.88. The summed E-state index contributed by atoms with van der Waals surface area (Å²) in [5.41, 5.74) is 1.29. The number of benzene rings is 3. The molecule has 162 valence electrons. The Hall–Kier alpha value is -2.58. The molecule has 0 aromatic heterocycles. The zero-order valence-corrected chi connectivity index (χ0v) is 18.8. The zero-order valence-electron chi connectivity index (χ0n) is 16.5. The topological polar surface area (TPSA) is 84.5 Å². The van der Waals surface area contributed by atoms with Crippen LogP contribution in [0.15, 0.2) is 77.7 Å². The van der Waals surface area contributed by atoms with Crippen molar-refractivity contribution in [3.05, 3.63) is 88.4 Å². The molecule has 0 aliphatic rings. The highest BCUT2D eigenvalue weighted by Gasteiger charge is 2.28. The lowest BCUT2D eigenvalue weighted by atomic mass is 10.1. The first-order chi connectivity index (χ1) is 14.8. The van der Waals surface area contributed by atoms with Crippen LogP contribution in [0.3, 0.4) is 0 Å². The van der Waals surface area contributed by atoms with Crippen LogP contribution >= 0.6 is 23.2 Å². The number of carbonyl (C=O) groups is 1. The molecule has 0 aliphatic heterocycles. The number of nitrogens with one attached hydrogen (secondary N) is 2. The van der Waals surface area contributed by atoms with Crippen molar-refractivity contribution in [2.75, 3.05) is 12.4 Å². The number of methoxy groups -OCH3 is 1. The molecule has 6 nitrogen and oxygen atoms in total. The summed E-state index contributed by atoms with van der Waals surface area (Å²) in [5.74, 6) is 0.117. The van der Waals surface area contributed by atoms with Crippen molar-refractivity contribution < 1.29 is 17.9 Å².